The van der Waals surface area contributed by atoms with Crippen LogP contribution in [0.5, 0.6) is 5.75 Å². The molecular formula is C18H30N2O. The molecule has 0 unspecified atom stereocenters. The summed E-state index contributed by atoms with van der Waals surface area (Å²) in [7, 11) is 0. The van der Waals surface area contributed by atoms with Gasteiger partial charge in [0, 0.05) is 12.1 Å². The lowest BCUT2D eigenvalue weighted by molar-refractivity contribution is 0.219. The molecule has 0 saturated carbocycles. The molecule has 3 nitrogen and oxygen atoms in total. The summed E-state index contributed by atoms with van der Waals surface area (Å²) in [5.41, 5.74) is 1.52. The molecule has 0 amide bonds. The Bertz CT molecular complexity index is 414. The van der Waals surface area contributed by atoms with Crippen molar-refractivity contribution in [2.45, 2.75) is 45.6 Å². The van der Waals surface area contributed by atoms with Crippen molar-refractivity contribution in [1.82, 2.24) is 10.2 Å². The van der Waals surface area contributed by atoms with Gasteiger partial charge in [0.1, 0.15) is 5.75 Å². The summed E-state index contributed by atoms with van der Waals surface area (Å²) in [4.78, 5) is 2.59. The van der Waals surface area contributed by atoms with Crippen molar-refractivity contribution in [2.24, 2.45) is 0 Å². The van der Waals surface area contributed by atoms with Crippen LogP contribution in [0.3, 0.4) is 0 Å². The van der Waals surface area contributed by atoms with Crippen molar-refractivity contribution in [3.8, 4) is 5.75 Å². The number of hydrogen-bond acceptors (Lipinski definition) is 3. The van der Waals surface area contributed by atoms with Crippen LogP contribution in [0.2, 0.25) is 0 Å². The number of rotatable bonds is 6. The Morgan fingerprint density at radius 1 is 1.19 bits per heavy atom. The Balaban J connectivity index is 1.62. The standard InChI is InChI=1S/C18H30N2O/c1-16-7-9-17(10-8-16)21-14-5-4-12-20-13-6-11-19-18(2,3)15-20/h7-10,19H,4-6,11-15H2,1-3H3. The number of benzene rings is 1. The van der Waals surface area contributed by atoms with Crippen molar-refractivity contribution in [2.75, 3.05) is 32.8 Å². The second kappa shape index (κ2) is 7.81. The van der Waals surface area contributed by atoms with Crippen molar-refractivity contribution >= 4 is 0 Å². The van der Waals surface area contributed by atoms with Gasteiger partial charge in [-0.05, 0) is 71.8 Å². The normalized spacial score (nSPS) is 19.2. The zero-order valence-corrected chi connectivity index (χ0v) is 13.8. The Kier molecular flexibility index (Phi) is 6.07. The van der Waals surface area contributed by atoms with E-state index in [1.807, 2.05) is 0 Å². The summed E-state index contributed by atoms with van der Waals surface area (Å²) in [6, 6.07) is 8.31. The molecule has 2 rings (SSSR count). The molecule has 21 heavy (non-hydrogen) atoms. The third kappa shape index (κ3) is 6.06. The fourth-order valence-electron chi connectivity index (χ4n) is 2.88. The maximum atomic E-state index is 5.79. The highest BCUT2D eigenvalue weighted by molar-refractivity contribution is 5.26. The van der Waals surface area contributed by atoms with Gasteiger partial charge in [0.15, 0.2) is 0 Å². The third-order valence-electron chi connectivity index (χ3n) is 4.03. The van der Waals surface area contributed by atoms with E-state index in [0.717, 1.165) is 31.9 Å². The number of nitrogens with one attached hydrogen (secondary N) is 1. The maximum Gasteiger partial charge on any atom is 0.119 e. The molecule has 1 saturated heterocycles. The smallest absolute Gasteiger partial charge is 0.119 e. The van der Waals surface area contributed by atoms with Crippen LogP contribution < -0.4 is 10.1 Å². The minimum absolute atomic E-state index is 0.245. The van der Waals surface area contributed by atoms with Crippen molar-refractivity contribution in [3.63, 3.8) is 0 Å². The predicted octanol–water partition coefficient (Wildman–Crippen LogP) is 3.23. The Morgan fingerprint density at radius 3 is 2.71 bits per heavy atom. The van der Waals surface area contributed by atoms with Crippen LogP contribution >= 0.6 is 0 Å². The van der Waals surface area contributed by atoms with Gasteiger partial charge in [0.2, 0.25) is 0 Å². The summed E-state index contributed by atoms with van der Waals surface area (Å²) in [6.45, 7) is 12.2. The number of unbranched alkanes of at least 4 members (excludes halogenated alkanes) is 1. The molecule has 0 aliphatic carbocycles. The van der Waals surface area contributed by atoms with Crippen molar-refractivity contribution in [3.05, 3.63) is 29.8 Å². The fourth-order valence-corrected chi connectivity index (χ4v) is 2.88. The van der Waals surface area contributed by atoms with E-state index in [2.05, 4.69) is 55.3 Å². The van der Waals surface area contributed by atoms with Gasteiger partial charge in [-0.3, -0.25) is 0 Å². The van der Waals surface area contributed by atoms with Gasteiger partial charge in [-0.2, -0.15) is 0 Å². The lowest BCUT2D eigenvalue weighted by atomic mass is 10.1. The van der Waals surface area contributed by atoms with Crippen LogP contribution in [0.15, 0.2) is 24.3 Å². The van der Waals surface area contributed by atoms with E-state index >= 15 is 0 Å². The molecule has 1 heterocycles. The Morgan fingerprint density at radius 2 is 1.95 bits per heavy atom. The molecule has 1 fully saturated rings. The maximum absolute atomic E-state index is 5.79. The van der Waals surface area contributed by atoms with E-state index in [9.17, 15) is 0 Å². The van der Waals surface area contributed by atoms with Crippen LogP contribution in [0, 0.1) is 6.92 Å². The molecule has 1 N–H and O–H groups in total. The summed E-state index contributed by atoms with van der Waals surface area (Å²) < 4.78 is 5.79. The first-order valence-corrected chi connectivity index (χ1v) is 8.22. The molecule has 3 heteroatoms. The van der Waals surface area contributed by atoms with E-state index in [-0.39, 0.29) is 5.54 Å². The summed E-state index contributed by atoms with van der Waals surface area (Å²) >= 11 is 0. The summed E-state index contributed by atoms with van der Waals surface area (Å²) in [6.07, 6.45) is 3.59. The second-order valence-corrected chi connectivity index (χ2v) is 6.81. The molecule has 0 radical (unpaired) electrons. The number of nitrogens with zero attached hydrogens (tertiary/aromatic N) is 1. The molecule has 0 atom stereocenters. The molecule has 118 valence electrons. The van der Waals surface area contributed by atoms with E-state index < -0.39 is 0 Å². The molecule has 1 aliphatic heterocycles. The molecular weight excluding hydrogens is 260 g/mol. The van der Waals surface area contributed by atoms with Crippen LogP contribution in [-0.2, 0) is 0 Å². The third-order valence-corrected chi connectivity index (χ3v) is 4.03. The molecule has 0 bridgehead atoms. The monoisotopic (exact) mass is 290 g/mol. The van der Waals surface area contributed by atoms with Crippen molar-refractivity contribution < 1.29 is 4.74 Å². The molecule has 0 spiro atoms. The quantitative estimate of drug-likeness (QED) is 0.814. The SMILES string of the molecule is Cc1ccc(OCCCCN2CCCNC(C)(C)C2)cc1. The average Bonchev–Trinajstić information content (AvgIpc) is 2.61. The zero-order chi connectivity index (χ0) is 15.1. The number of aryl methyl sites for hydroxylation is 1. The van der Waals surface area contributed by atoms with Crippen LogP contribution in [-0.4, -0.2) is 43.2 Å². The topological polar surface area (TPSA) is 24.5 Å². The summed E-state index contributed by atoms with van der Waals surface area (Å²) in [5.74, 6) is 0.987. The number of hydrogen-bond donors (Lipinski definition) is 1. The van der Waals surface area contributed by atoms with Gasteiger partial charge >= 0.3 is 0 Å². The number of ether oxygens (including phenoxy) is 1. The predicted molar refractivity (Wildman–Crippen MR) is 89.0 cm³/mol. The summed E-state index contributed by atoms with van der Waals surface area (Å²) in [5, 5.41) is 3.61. The van der Waals surface area contributed by atoms with Gasteiger partial charge < -0.3 is 15.0 Å². The lowest BCUT2D eigenvalue weighted by Crippen LogP contribution is -2.46. The van der Waals surface area contributed by atoms with E-state index in [4.69, 9.17) is 4.74 Å². The first-order valence-electron chi connectivity index (χ1n) is 8.22. The van der Waals surface area contributed by atoms with Crippen LogP contribution in [0.4, 0.5) is 0 Å². The first kappa shape index (κ1) is 16.3. The lowest BCUT2D eigenvalue weighted by Gasteiger charge is -2.30. The van der Waals surface area contributed by atoms with Gasteiger partial charge in [0.25, 0.3) is 0 Å². The van der Waals surface area contributed by atoms with Crippen LogP contribution in [0.1, 0.15) is 38.7 Å². The Hall–Kier alpha value is -1.06. The fraction of sp³-hybridized carbons (Fsp3) is 0.667. The van der Waals surface area contributed by atoms with Gasteiger partial charge in [-0.1, -0.05) is 17.7 Å². The second-order valence-electron chi connectivity index (χ2n) is 6.81. The highest BCUT2D eigenvalue weighted by Crippen LogP contribution is 2.13. The minimum Gasteiger partial charge on any atom is -0.494 e. The largest absolute Gasteiger partial charge is 0.494 e. The zero-order valence-electron chi connectivity index (χ0n) is 13.8. The molecule has 0 aromatic heterocycles. The average molecular weight is 290 g/mol. The van der Waals surface area contributed by atoms with E-state index in [0.29, 0.717) is 0 Å². The van der Waals surface area contributed by atoms with Crippen LogP contribution in [0.25, 0.3) is 0 Å². The van der Waals surface area contributed by atoms with E-state index in [1.54, 1.807) is 0 Å². The Labute approximate surface area is 129 Å². The van der Waals surface area contributed by atoms with E-state index in [1.165, 1.54) is 31.5 Å². The molecule has 1 aromatic rings. The van der Waals surface area contributed by atoms with Gasteiger partial charge in [0.05, 0.1) is 6.61 Å². The van der Waals surface area contributed by atoms with Gasteiger partial charge in [-0.15, -0.1) is 0 Å². The molecule has 1 aromatic carbocycles. The highest BCUT2D eigenvalue weighted by Gasteiger charge is 2.23. The highest BCUT2D eigenvalue weighted by atomic mass is 16.5. The minimum atomic E-state index is 0.245. The van der Waals surface area contributed by atoms with Gasteiger partial charge in [-0.25, -0.2) is 0 Å². The first-order chi connectivity index (χ1) is 10.1. The van der Waals surface area contributed by atoms with Crippen molar-refractivity contribution in [1.29, 1.82) is 0 Å². The molecule has 1 aliphatic rings.